The van der Waals surface area contributed by atoms with Crippen molar-refractivity contribution < 1.29 is 121 Å². The van der Waals surface area contributed by atoms with Gasteiger partial charge in [0.05, 0.1) is 0 Å². The van der Waals surface area contributed by atoms with E-state index in [1.807, 2.05) is 0 Å². The van der Waals surface area contributed by atoms with Gasteiger partial charge < -0.3 is 0 Å². The molecule has 0 aromatic heterocycles. The summed E-state index contributed by atoms with van der Waals surface area (Å²) in [6, 6.07) is 0. The summed E-state index contributed by atoms with van der Waals surface area (Å²) in [5.74, 6) is 0. The van der Waals surface area contributed by atoms with Gasteiger partial charge in [-0.05, 0) is 0 Å². The van der Waals surface area contributed by atoms with Crippen molar-refractivity contribution in [3.63, 3.8) is 0 Å². The van der Waals surface area contributed by atoms with E-state index in [-0.39, 0.29) is 73.5 Å². The van der Waals surface area contributed by atoms with Gasteiger partial charge in [0.15, 0.2) is 0 Å². The molecule has 0 aliphatic carbocycles. The Morgan fingerprint density at radius 3 is 0.400 bits per heavy atom. The minimum Gasteiger partial charge on any atom is 3.00 e. The Balaban J connectivity index is -0.0000000141. The van der Waals surface area contributed by atoms with Gasteiger partial charge in [-0.2, -0.15) is 0 Å². The van der Waals surface area contributed by atoms with Crippen LogP contribution in [0.1, 0.15) is 0 Å². The predicted octanol–water partition coefficient (Wildman–Crippen LogP) is -10.1. The molecule has 0 amide bonds. The fourth-order valence-electron chi connectivity index (χ4n) is 0. The topological polar surface area (TPSA) is 241 Å². The molecule has 0 bridgehead atoms. The van der Waals surface area contributed by atoms with Crippen LogP contribution in [0.5, 0.6) is 0 Å². The summed E-state index contributed by atoms with van der Waals surface area (Å²) in [6.45, 7) is 0. The summed E-state index contributed by atoms with van der Waals surface area (Å²) in [7, 11) is 0. The van der Waals surface area contributed by atoms with E-state index in [2.05, 4.69) is 0 Å². The average molecular weight is 587 g/mol. The van der Waals surface area contributed by atoms with Crippen LogP contribution >= 0.6 is 0 Å². The van der Waals surface area contributed by atoms with E-state index in [9.17, 15) is 0 Å². The van der Waals surface area contributed by atoms with Crippen LogP contribution in [0.2, 0.25) is 0 Å². The second kappa shape index (κ2) is 117. The molecule has 0 aliphatic rings. The van der Waals surface area contributed by atoms with Crippen LogP contribution in [-0.4, -0.2) is 92.9 Å². The van der Waals surface area contributed by atoms with Crippen LogP contribution in [-0.2, 0) is 55.5 Å². The predicted molar refractivity (Wildman–Crippen MR) is 38.6 cm³/mol. The number of hydrogen-bond donors (Lipinski definition) is 0. The van der Waals surface area contributed by atoms with E-state index >= 15 is 0 Å². The van der Waals surface area contributed by atoms with E-state index in [4.69, 9.17) is 47.8 Å². The monoisotopic (exact) mass is 585 g/mol. The zero-order valence-electron chi connectivity index (χ0n) is 9.44. The van der Waals surface area contributed by atoms with Crippen LogP contribution in [0, 0.1) is 40.8 Å². The SMILES string of the molecule is [Nd+3].[O]=[Al][O-].[O]=[Al][O-].[O]=[Al][O-].[O]=[Al][O-].[O]=[Al][O-].[O]=[Al][O-].[Y+3]. The van der Waals surface area contributed by atoms with Gasteiger partial charge in [0.1, 0.15) is 0 Å². The largest absolute Gasteiger partial charge is 3.00 e. The molecule has 0 saturated carbocycles. The van der Waals surface area contributed by atoms with Crippen LogP contribution < -0.4 is 24.9 Å². The maximum Gasteiger partial charge on any atom is 3.00 e. The first-order valence-corrected chi connectivity index (χ1v) is 8.49. The van der Waals surface area contributed by atoms with E-state index < -0.39 is 92.9 Å². The van der Waals surface area contributed by atoms with Gasteiger partial charge in [0.2, 0.25) is 0 Å². The van der Waals surface area contributed by atoms with Crippen molar-refractivity contribution in [3.05, 3.63) is 0 Å². The number of hydrogen-bond acceptors (Lipinski definition) is 12. The number of rotatable bonds is 0. The zero-order chi connectivity index (χ0) is 16.2. The van der Waals surface area contributed by atoms with E-state index in [1.54, 1.807) is 0 Å². The molecule has 0 spiro atoms. The maximum absolute atomic E-state index is 8.46. The molecule has 0 rings (SSSR count). The van der Waals surface area contributed by atoms with Crippen molar-refractivity contribution in [2.24, 2.45) is 0 Å². The summed E-state index contributed by atoms with van der Waals surface area (Å²) in [5, 5.41) is 0. The van der Waals surface area contributed by atoms with Gasteiger partial charge in [-0.25, -0.2) is 0 Å². The first-order chi connectivity index (χ1) is 8.49. The molecule has 0 aromatic rings. The fourth-order valence-corrected chi connectivity index (χ4v) is 0. The Labute approximate surface area is 210 Å². The first kappa shape index (κ1) is 49.5. The quantitative estimate of drug-likeness (QED) is 0.240. The molecule has 0 aromatic carbocycles. The molecule has 12 nitrogen and oxygen atoms in total. The smallest absolute Gasteiger partial charge is 3.00 e. The molecule has 0 unspecified atom stereocenters. The van der Waals surface area contributed by atoms with Crippen molar-refractivity contribution in [1.82, 2.24) is 0 Å². The minimum atomic E-state index is -1.75. The van der Waals surface area contributed by atoms with Gasteiger partial charge in [0, 0.05) is 0 Å². The molecular weight excluding hydrogens is 587 g/mol. The van der Waals surface area contributed by atoms with Crippen molar-refractivity contribution in [2.75, 3.05) is 0 Å². The maximum atomic E-state index is 8.46. The standard InChI is InChI=1S/6Al.Nd.12O.Y/q;;;;;;+3;;;;;;;6*-1;+3. The molecule has 0 heterocycles. The molecular formula is Al6NdO12Y. The van der Waals surface area contributed by atoms with Gasteiger partial charge in [-0.15, -0.1) is 0 Å². The van der Waals surface area contributed by atoms with Crippen LogP contribution in [0.15, 0.2) is 0 Å². The van der Waals surface area contributed by atoms with Gasteiger partial charge >= 0.3 is 214 Å². The molecule has 0 atom stereocenters. The van der Waals surface area contributed by atoms with Gasteiger partial charge in [-0.3, -0.25) is 0 Å². The molecule has 20 heteroatoms. The third kappa shape index (κ3) is 825. The van der Waals surface area contributed by atoms with Crippen molar-refractivity contribution in [2.45, 2.75) is 0 Å². The van der Waals surface area contributed by atoms with Crippen molar-refractivity contribution in [3.8, 4) is 0 Å². The Bertz CT molecular complexity index is 119. The fraction of sp³-hybridized carbons (Fsp3) is 0. The normalized spacial score (nSPS) is 2.40. The van der Waals surface area contributed by atoms with Crippen molar-refractivity contribution in [1.29, 1.82) is 0 Å². The molecule has 1 radical (unpaired) electrons. The Hall–Kier alpha value is 3.25. The summed E-state index contributed by atoms with van der Waals surface area (Å²) < 4.78 is 101. The summed E-state index contributed by atoms with van der Waals surface area (Å²) >= 11 is -10.5. The second-order valence-electron chi connectivity index (χ2n) is 0.577. The summed E-state index contributed by atoms with van der Waals surface area (Å²) in [5.41, 5.74) is 0. The van der Waals surface area contributed by atoms with Gasteiger partial charge in [-0.1, -0.05) is 0 Å². The van der Waals surface area contributed by atoms with Gasteiger partial charge in [0.25, 0.3) is 0 Å². The Morgan fingerprint density at radius 2 is 0.400 bits per heavy atom. The van der Waals surface area contributed by atoms with E-state index in [0.717, 1.165) is 0 Å². The second-order valence-corrected chi connectivity index (χ2v) is 1.73. The molecule has 0 fully saturated rings. The summed E-state index contributed by atoms with van der Waals surface area (Å²) in [4.78, 5) is 0. The molecule has 0 saturated heterocycles. The van der Waals surface area contributed by atoms with E-state index in [1.165, 1.54) is 0 Å². The molecule has 20 heavy (non-hydrogen) atoms. The van der Waals surface area contributed by atoms with Crippen molar-refractivity contribution >= 4 is 92.9 Å². The third-order valence-corrected chi connectivity index (χ3v) is 0. The molecule has 0 aliphatic heterocycles. The van der Waals surface area contributed by atoms with Crippen LogP contribution in [0.4, 0.5) is 0 Å². The molecule has 97 valence electrons. The third-order valence-electron chi connectivity index (χ3n) is 0. The summed E-state index contributed by atoms with van der Waals surface area (Å²) in [6.07, 6.45) is 0. The molecule has 0 N–H and O–H groups in total. The Morgan fingerprint density at radius 1 is 0.400 bits per heavy atom. The average Bonchev–Trinajstić information content (AvgIpc) is 2.23. The first-order valence-electron chi connectivity index (χ1n) is 2.83. The Kier molecular flexibility index (Phi) is 291. The van der Waals surface area contributed by atoms with Crippen LogP contribution in [0.3, 0.4) is 0 Å². The van der Waals surface area contributed by atoms with Crippen LogP contribution in [0.25, 0.3) is 0 Å². The zero-order valence-corrected chi connectivity index (χ0v) is 22.4. The minimum absolute atomic E-state index is 0. The van der Waals surface area contributed by atoms with E-state index in [0.29, 0.717) is 0 Å².